The van der Waals surface area contributed by atoms with E-state index in [-0.39, 0.29) is 11.9 Å². The summed E-state index contributed by atoms with van der Waals surface area (Å²) in [6.45, 7) is 2.27. The molecule has 0 aromatic carbocycles. The minimum atomic E-state index is -0.329. The highest BCUT2D eigenvalue weighted by Crippen LogP contribution is 2.14. The van der Waals surface area contributed by atoms with Crippen LogP contribution in [0.25, 0.3) is 0 Å². The van der Waals surface area contributed by atoms with Gasteiger partial charge in [-0.25, -0.2) is 4.98 Å². The Bertz CT molecular complexity index is 565. The van der Waals surface area contributed by atoms with Gasteiger partial charge in [0, 0.05) is 44.8 Å². The largest absolute Gasteiger partial charge is 0.362 e. The summed E-state index contributed by atoms with van der Waals surface area (Å²) in [5.41, 5.74) is 0.985. The Labute approximate surface area is 118 Å². The molecule has 0 unspecified atom stereocenters. The minimum absolute atomic E-state index is 0.0674. The van der Waals surface area contributed by atoms with E-state index in [0.29, 0.717) is 6.54 Å². The van der Waals surface area contributed by atoms with Crippen molar-refractivity contribution in [2.75, 3.05) is 19.0 Å². The summed E-state index contributed by atoms with van der Waals surface area (Å²) in [7, 11) is 3.86. The first-order chi connectivity index (χ1) is 9.59. The highest BCUT2D eigenvalue weighted by molar-refractivity contribution is 5.79. The summed E-state index contributed by atoms with van der Waals surface area (Å²) >= 11 is 0. The van der Waals surface area contributed by atoms with Crippen LogP contribution in [0, 0.1) is 0 Å². The molecule has 0 radical (unpaired) electrons. The second-order valence-electron chi connectivity index (χ2n) is 4.76. The van der Waals surface area contributed by atoms with Gasteiger partial charge in [-0.15, -0.1) is 0 Å². The number of hydrogen-bond donors (Lipinski definition) is 1. The van der Waals surface area contributed by atoms with Crippen molar-refractivity contribution in [3.63, 3.8) is 0 Å². The van der Waals surface area contributed by atoms with Gasteiger partial charge in [-0.3, -0.25) is 9.48 Å². The monoisotopic (exact) mass is 273 g/mol. The second kappa shape index (κ2) is 6.18. The normalized spacial score (nSPS) is 11.9. The molecule has 0 saturated carbocycles. The summed E-state index contributed by atoms with van der Waals surface area (Å²) < 4.78 is 1.63. The molecule has 0 aliphatic rings. The maximum atomic E-state index is 12.1. The Morgan fingerprint density at radius 2 is 2.20 bits per heavy atom. The van der Waals surface area contributed by atoms with Crippen LogP contribution in [-0.4, -0.2) is 34.8 Å². The first-order valence-corrected chi connectivity index (χ1v) is 6.47. The van der Waals surface area contributed by atoms with E-state index in [2.05, 4.69) is 15.4 Å². The molecule has 0 fully saturated rings. The number of hydrogen-bond acceptors (Lipinski definition) is 4. The highest BCUT2D eigenvalue weighted by Gasteiger charge is 2.15. The number of carbonyl (C=O) groups excluding carboxylic acids is 1. The van der Waals surface area contributed by atoms with Gasteiger partial charge >= 0.3 is 0 Å². The molecule has 2 heterocycles. The Morgan fingerprint density at radius 3 is 2.85 bits per heavy atom. The average Bonchev–Trinajstić information content (AvgIpc) is 2.98. The summed E-state index contributed by atoms with van der Waals surface area (Å²) in [5.74, 6) is 0.793. The van der Waals surface area contributed by atoms with Gasteiger partial charge in [0.15, 0.2) is 0 Å². The van der Waals surface area contributed by atoms with Crippen LogP contribution in [0.3, 0.4) is 0 Å². The zero-order chi connectivity index (χ0) is 14.5. The van der Waals surface area contributed by atoms with Crippen molar-refractivity contribution >= 4 is 11.7 Å². The summed E-state index contributed by atoms with van der Waals surface area (Å²) in [5, 5.41) is 6.99. The van der Waals surface area contributed by atoms with Gasteiger partial charge in [0.25, 0.3) is 0 Å². The Balaban J connectivity index is 2.00. The fourth-order valence-corrected chi connectivity index (χ4v) is 1.93. The van der Waals surface area contributed by atoms with Crippen LogP contribution < -0.4 is 10.2 Å². The summed E-state index contributed by atoms with van der Waals surface area (Å²) in [6, 6.07) is 5.30. The molecule has 1 N–H and O–H groups in total. The van der Waals surface area contributed by atoms with Gasteiger partial charge in [-0.1, -0.05) is 6.07 Å². The van der Waals surface area contributed by atoms with Crippen molar-refractivity contribution in [1.82, 2.24) is 20.1 Å². The lowest BCUT2D eigenvalue weighted by Crippen LogP contribution is -2.31. The lowest BCUT2D eigenvalue weighted by atomic mass is 10.2. The summed E-state index contributed by atoms with van der Waals surface area (Å²) in [4.78, 5) is 18.3. The first kappa shape index (κ1) is 14.0. The van der Waals surface area contributed by atoms with Crippen molar-refractivity contribution in [2.24, 2.45) is 0 Å². The Hall–Kier alpha value is -2.37. The molecule has 0 aliphatic carbocycles. The molecule has 6 heteroatoms. The number of rotatable bonds is 5. The molecular formula is C14H19N5O. The minimum Gasteiger partial charge on any atom is -0.362 e. The predicted molar refractivity (Wildman–Crippen MR) is 77.3 cm³/mol. The van der Waals surface area contributed by atoms with E-state index in [1.165, 1.54) is 0 Å². The van der Waals surface area contributed by atoms with Gasteiger partial charge in [0.05, 0.1) is 0 Å². The number of nitrogens with zero attached hydrogens (tertiary/aromatic N) is 4. The molecule has 0 spiro atoms. The number of nitrogens with one attached hydrogen (secondary N) is 1. The lowest BCUT2D eigenvalue weighted by molar-refractivity contribution is -0.124. The van der Waals surface area contributed by atoms with Crippen LogP contribution in [0.2, 0.25) is 0 Å². The number of anilines is 1. The smallest absolute Gasteiger partial charge is 0.244 e. The fourth-order valence-electron chi connectivity index (χ4n) is 1.93. The SMILES string of the molecule is C[C@H](C(=O)NCc1cccnc1N(C)C)n1cccn1. The van der Waals surface area contributed by atoms with Crippen molar-refractivity contribution in [3.05, 3.63) is 42.4 Å². The molecule has 0 bridgehead atoms. The van der Waals surface area contributed by atoms with E-state index in [4.69, 9.17) is 0 Å². The molecule has 0 saturated heterocycles. The van der Waals surface area contributed by atoms with Crippen molar-refractivity contribution < 1.29 is 4.79 Å². The van der Waals surface area contributed by atoms with Crippen LogP contribution in [0.15, 0.2) is 36.8 Å². The van der Waals surface area contributed by atoms with Crippen LogP contribution in [0.4, 0.5) is 5.82 Å². The quantitative estimate of drug-likeness (QED) is 0.889. The fraction of sp³-hybridized carbons (Fsp3) is 0.357. The van der Waals surface area contributed by atoms with Gasteiger partial charge < -0.3 is 10.2 Å². The zero-order valence-electron chi connectivity index (χ0n) is 11.9. The van der Waals surface area contributed by atoms with E-state index in [1.807, 2.05) is 38.1 Å². The van der Waals surface area contributed by atoms with Gasteiger partial charge in [-0.05, 0) is 19.1 Å². The van der Waals surface area contributed by atoms with E-state index >= 15 is 0 Å². The van der Waals surface area contributed by atoms with Crippen molar-refractivity contribution in [1.29, 1.82) is 0 Å². The average molecular weight is 273 g/mol. The van der Waals surface area contributed by atoms with Gasteiger partial charge in [-0.2, -0.15) is 5.10 Å². The van der Waals surface area contributed by atoms with E-state index in [1.54, 1.807) is 29.3 Å². The number of carbonyl (C=O) groups is 1. The Kier molecular flexibility index (Phi) is 4.34. The van der Waals surface area contributed by atoms with Gasteiger partial charge in [0.2, 0.25) is 5.91 Å². The maximum absolute atomic E-state index is 12.1. The highest BCUT2D eigenvalue weighted by atomic mass is 16.2. The van der Waals surface area contributed by atoms with Crippen molar-refractivity contribution in [2.45, 2.75) is 19.5 Å². The molecule has 1 amide bonds. The third-order valence-corrected chi connectivity index (χ3v) is 3.05. The van der Waals surface area contributed by atoms with Crippen molar-refractivity contribution in [3.8, 4) is 0 Å². The second-order valence-corrected chi connectivity index (χ2v) is 4.76. The van der Waals surface area contributed by atoms with Crippen LogP contribution in [-0.2, 0) is 11.3 Å². The molecule has 2 aromatic rings. The molecule has 106 valence electrons. The molecule has 2 aromatic heterocycles. The molecule has 6 nitrogen and oxygen atoms in total. The zero-order valence-corrected chi connectivity index (χ0v) is 11.9. The number of aromatic nitrogens is 3. The number of amides is 1. The number of pyridine rings is 1. The van der Waals surface area contributed by atoms with Gasteiger partial charge in [0.1, 0.15) is 11.9 Å². The molecule has 20 heavy (non-hydrogen) atoms. The van der Waals surface area contributed by atoms with Crippen LogP contribution in [0.1, 0.15) is 18.5 Å². The lowest BCUT2D eigenvalue weighted by Gasteiger charge is -2.17. The molecular weight excluding hydrogens is 254 g/mol. The Morgan fingerprint density at radius 1 is 1.40 bits per heavy atom. The molecule has 1 atom stereocenters. The topological polar surface area (TPSA) is 63.1 Å². The van der Waals surface area contributed by atoms with E-state index in [0.717, 1.165) is 11.4 Å². The third-order valence-electron chi connectivity index (χ3n) is 3.05. The predicted octanol–water partition coefficient (Wildman–Crippen LogP) is 1.22. The van der Waals surface area contributed by atoms with E-state index in [9.17, 15) is 4.79 Å². The maximum Gasteiger partial charge on any atom is 0.244 e. The van der Waals surface area contributed by atoms with E-state index < -0.39 is 0 Å². The van der Waals surface area contributed by atoms with Crippen LogP contribution in [0.5, 0.6) is 0 Å². The summed E-state index contributed by atoms with van der Waals surface area (Å²) in [6.07, 6.45) is 5.18. The molecule has 2 rings (SSSR count). The third kappa shape index (κ3) is 3.14. The first-order valence-electron chi connectivity index (χ1n) is 6.47. The van der Waals surface area contributed by atoms with Crippen LogP contribution >= 0.6 is 0 Å². The molecule has 0 aliphatic heterocycles. The standard InChI is InChI=1S/C14H19N5O/c1-11(19-9-5-8-17-19)14(20)16-10-12-6-4-7-15-13(12)18(2)3/h4-9,11H,10H2,1-3H3,(H,16,20)/t11-/m1/s1.